The Morgan fingerprint density at radius 3 is 2.28 bits per heavy atom. The zero-order chi connectivity index (χ0) is 25.2. The molecule has 0 bridgehead atoms. The Bertz CT molecular complexity index is 1230. The summed E-state index contributed by atoms with van der Waals surface area (Å²) in [6.07, 6.45) is 0.240. The van der Waals surface area contributed by atoms with Crippen LogP contribution >= 0.6 is 11.8 Å². The number of thioether (sulfide) groups is 1. The Labute approximate surface area is 217 Å². The van der Waals surface area contributed by atoms with Crippen LogP contribution in [0.25, 0.3) is 11.0 Å². The topological polar surface area (TPSA) is 61.8 Å². The summed E-state index contributed by atoms with van der Waals surface area (Å²) in [6.45, 7) is 13.2. The van der Waals surface area contributed by atoms with E-state index in [1.54, 1.807) is 0 Å². The van der Waals surface area contributed by atoms with Crippen LogP contribution in [0.4, 0.5) is 11.5 Å². The first kappa shape index (κ1) is 24.8. The molecule has 36 heavy (non-hydrogen) atoms. The highest BCUT2D eigenvalue weighted by Gasteiger charge is 2.27. The van der Waals surface area contributed by atoms with Crippen molar-refractivity contribution in [3.8, 4) is 0 Å². The fourth-order valence-corrected chi connectivity index (χ4v) is 6.03. The van der Waals surface area contributed by atoms with Crippen molar-refractivity contribution in [3.63, 3.8) is 0 Å². The van der Waals surface area contributed by atoms with Gasteiger partial charge in [0.25, 0.3) is 0 Å². The molecule has 0 aliphatic carbocycles. The molecule has 0 N–H and O–H groups in total. The van der Waals surface area contributed by atoms with Crippen LogP contribution in [-0.4, -0.2) is 78.0 Å². The fourth-order valence-electron chi connectivity index (χ4n) is 5.12. The van der Waals surface area contributed by atoms with Crippen LogP contribution in [0, 0.1) is 13.8 Å². The SMILES string of the molecule is Cc1cccc(N2CCN(C(=O)CSc3nc4ccccc4nc3N3C[C@@H](C)O[C@H](C)C3)CC2)c1C. The quantitative estimate of drug-likeness (QED) is 0.479. The van der Waals surface area contributed by atoms with E-state index >= 15 is 0 Å². The predicted octanol–water partition coefficient (Wildman–Crippen LogP) is 4.30. The maximum absolute atomic E-state index is 13.2. The standard InChI is InChI=1S/C28H35N5O2S/c1-19-8-7-11-25(22(19)4)31-12-14-32(15-13-31)26(34)18-36-28-27(33-16-20(2)35-21(3)17-33)29-23-9-5-6-10-24(23)30-28/h5-11,20-21H,12-18H2,1-4H3/t20-,21-/m1/s1. The molecule has 190 valence electrons. The molecule has 2 aromatic carbocycles. The van der Waals surface area contributed by atoms with Gasteiger partial charge in [0.2, 0.25) is 5.91 Å². The third-order valence-electron chi connectivity index (χ3n) is 7.12. The molecule has 3 heterocycles. The van der Waals surface area contributed by atoms with Crippen molar-refractivity contribution in [2.45, 2.75) is 44.9 Å². The number of hydrogen-bond acceptors (Lipinski definition) is 7. The Morgan fingerprint density at radius 2 is 1.58 bits per heavy atom. The molecule has 5 rings (SSSR count). The van der Waals surface area contributed by atoms with E-state index in [4.69, 9.17) is 14.7 Å². The van der Waals surface area contributed by atoms with Crippen LogP contribution in [0.2, 0.25) is 0 Å². The first-order valence-electron chi connectivity index (χ1n) is 12.8. The van der Waals surface area contributed by atoms with E-state index < -0.39 is 0 Å². The highest BCUT2D eigenvalue weighted by molar-refractivity contribution is 8.00. The van der Waals surface area contributed by atoms with Gasteiger partial charge in [0.1, 0.15) is 5.03 Å². The summed E-state index contributed by atoms with van der Waals surface area (Å²) >= 11 is 1.50. The number of para-hydroxylation sites is 2. The van der Waals surface area contributed by atoms with Gasteiger partial charge in [-0.15, -0.1) is 0 Å². The summed E-state index contributed by atoms with van der Waals surface area (Å²) in [7, 11) is 0. The summed E-state index contributed by atoms with van der Waals surface area (Å²) in [4.78, 5) is 29.7. The van der Waals surface area contributed by atoms with Crippen molar-refractivity contribution in [3.05, 3.63) is 53.6 Å². The summed E-state index contributed by atoms with van der Waals surface area (Å²) in [5.74, 6) is 1.37. The second kappa shape index (κ2) is 10.6. The lowest BCUT2D eigenvalue weighted by molar-refractivity contribution is -0.128. The first-order valence-corrected chi connectivity index (χ1v) is 13.8. The number of nitrogens with zero attached hydrogens (tertiary/aromatic N) is 5. The zero-order valence-corrected chi connectivity index (χ0v) is 22.4. The van der Waals surface area contributed by atoms with Gasteiger partial charge in [-0.3, -0.25) is 4.79 Å². The molecule has 2 aliphatic heterocycles. The van der Waals surface area contributed by atoms with Crippen LogP contribution in [0.5, 0.6) is 0 Å². The van der Waals surface area contributed by atoms with Crippen LogP contribution in [0.3, 0.4) is 0 Å². The van der Waals surface area contributed by atoms with Crippen LogP contribution < -0.4 is 9.80 Å². The minimum atomic E-state index is 0.120. The van der Waals surface area contributed by atoms with E-state index in [0.29, 0.717) is 5.75 Å². The first-order chi connectivity index (χ1) is 17.4. The molecular formula is C28H35N5O2S. The summed E-state index contributed by atoms with van der Waals surface area (Å²) < 4.78 is 5.94. The summed E-state index contributed by atoms with van der Waals surface area (Å²) in [6, 6.07) is 14.4. The number of benzene rings is 2. The molecule has 0 saturated carbocycles. The van der Waals surface area contributed by atoms with Crippen molar-refractivity contribution in [2.75, 3.05) is 54.8 Å². The average molecular weight is 506 g/mol. The molecule has 3 aromatic rings. The van der Waals surface area contributed by atoms with Crippen LogP contribution in [-0.2, 0) is 9.53 Å². The Morgan fingerprint density at radius 1 is 0.917 bits per heavy atom. The van der Waals surface area contributed by atoms with Gasteiger partial charge in [-0.1, -0.05) is 36.0 Å². The van der Waals surface area contributed by atoms with E-state index in [1.807, 2.05) is 29.2 Å². The van der Waals surface area contributed by atoms with Gasteiger partial charge in [0.05, 0.1) is 29.0 Å². The number of fused-ring (bicyclic) bond motifs is 1. The average Bonchev–Trinajstić information content (AvgIpc) is 2.88. The van der Waals surface area contributed by atoms with Crippen molar-refractivity contribution in [2.24, 2.45) is 0 Å². The highest BCUT2D eigenvalue weighted by atomic mass is 32.2. The number of piperazine rings is 1. The number of morpholine rings is 1. The van der Waals surface area contributed by atoms with Gasteiger partial charge in [0, 0.05) is 45.0 Å². The molecule has 7 nitrogen and oxygen atoms in total. The lowest BCUT2D eigenvalue weighted by Gasteiger charge is -2.37. The second-order valence-electron chi connectivity index (χ2n) is 9.88. The molecule has 2 saturated heterocycles. The maximum atomic E-state index is 13.2. The van der Waals surface area contributed by atoms with E-state index in [-0.39, 0.29) is 18.1 Å². The molecule has 1 aromatic heterocycles. The number of aryl methyl sites for hydroxylation is 1. The summed E-state index contributed by atoms with van der Waals surface area (Å²) in [5, 5.41) is 0.817. The molecule has 0 unspecified atom stereocenters. The zero-order valence-electron chi connectivity index (χ0n) is 21.6. The molecule has 1 amide bonds. The van der Waals surface area contributed by atoms with E-state index in [2.05, 4.69) is 55.7 Å². The lowest BCUT2D eigenvalue weighted by Crippen LogP contribution is -2.49. The lowest BCUT2D eigenvalue weighted by atomic mass is 10.1. The number of aromatic nitrogens is 2. The number of carbonyl (C=O) groups excluding carboxylic acids is 1. The van der Waals surface area contributed by atoms with Crippen LogP contribution in [0.15, 0.2) is 47.5 Å². The minimum Gasteiger partial charge on any atom is -0.372 e. The van der Waals surface area contributed by atoms with Crippen LogP contribution in [0.1, 0.15) is 25.0 Å². The molecule has 0 radical (unpaired) electrons. The van der Waals surface area contributed by atoms with Crippen molar-refractivity contribution < 1.29 is 9.53 Å². The number of anilines is 2. The molecule has 8 heteroatoms. The number of amides is 1. The van der Waals surface area contributed by atoms with Gasteiger partial charge in [-0.2, -0.15) is 0 Å². The van der Waals surface area contributed by atoms with E-state index in [1.165, 1.54) is 28.6 Å². The predicted molar refractivity (Wildman–Crippen MR) is 147 cm³/mol. The Kier molecular flexibility index (Phi) is 7.34. The molecule has 2 fully saturated rings. The maximum Gasteiger partial charge on any atom is 0.233 e. The van der Waals surface area contributed by atoms with E-state index in [0.717, 1.165) is 61.1 Å². The Balaban J connectivity index is 1.27. The number of carbonyl (C=O) groups is 1. The molecular weight excluding hydrogens is 470 g/mol. The second-order valence-corrected chi connectivity index (χ2v) is 10.8. The van der Waals surface area contributed by atoms with Crippen molar-refractivity contribution >= 4 is 40.2 Å². The smallest absolute Gasteiger partial charge is 0.233 e. The van der Waals surface area contributed by atoms with Gasteiger partial charge >= 0.3 is 0 Å². The number of hydrogen-bond donors (Lipinski definition) is 0. The molecule has 2 aliphatic rings. The Hall–Kier alpha value is -2.84. The molecule has 0 spiro atoms. The number of ether oxygens (including phenoxy) is 1. The van der Waals surface area contributed by atoms with Gasteiger partial charge in [0.15, 0.2) is 5.82 Å². The summed E-state index contributed by atoms with van der Waals surface area (Å²) in [5.41, 5.74) is 5.63. The van der Waals surface area contributed by atoms with Gasteiger partial charge < -0.3 is 19.4 Å². The third-order valence-corrected chi connectivity index (χ3v) is 8.06. The normalized spacial score (nSPS) is 20.7. The highest BCUT2D eigenvalue weighted by Crippen LogP contribution is 2.31. The van der Waals surface area contributed by atoms with E-state index in [9.17, 15) is 4.79 Å². The third kappa shape index (κ3) is 5.30. The van der Waals surface area contributed by atoms with Gasteiger partial charge in [-0.25, -0.2) is 9.97 Å². The monoisotopic (exact) mass is 505 g/mol. The number of rotatable bonds is 5. The minimum absolute atomic E-state index is 0.120. The largest absolute Gasteiger partial charge is 0.372 e. The van der Waals surface area contributed by atoms with Crippen molar-refractivity contribution in [1.29, 1.82) is 0 Å². The van der Waals surface area contributed by atoms with Crippen molar-refractivity contribution in [1.82, 2.24) is 14.9 Å². The van der Waals surface area contributed by atoms with Gasteiger partial charge in [-0.05, 0) is 57.0 Å². The molecule has 2 atom stereocenters. The fraction of sp³-hybridized carbons (Fsp3) is 0.464.